The molecule has 6 heteroatoms. The third-order valence-electron chi connectivity index (χ3n) is 2.30. The Morgan fingerprint density at radius 2 is 1.77 bits per heavy atom. The zero-order valence-corrected chi connectivity index (χ0v) is 7.21. The van der Waals surface area contributed by atoms with Gasteiger partial charge >= 0.3 is 0 Å². The summed E-state index contributed by atoms with van der Waals surface area (Å²) in [5.74, 6) is -0.745. The van der Waals surface area contributed by atoms with E-state index >= 15 is 0 Å². The highest BCUT2D eigenvalue weighted by Crippen LogP contribution is 2.14. The number of aliphatic hydroxyl groups is 3. The Morgan fingerprint density at radius 3 is 2.23 bits per heavy atom. The number of hydrogen-bond donors (Lipinski definition) is 5. The van der Waals surface area contributed by atoms with Gasteiger partial charge in [-0.05, 0) is 6.92 Å². The van der Waals surface area contributed by atoms with E-state index in [9.17, 15) is 20.1 Å². The SMILES string of the molecule is C[C@H]1N[C@@H](C(N)=O)[C@H](O)[C@H](O)[C@H]1O. The average Bonchev–Trinajstić information content (AvgIpc) is 2.07. The topological polar surface area (TPSA) is 116 Å². The molecule has 0 unspecified atom stereocenters. The summed E-state index contributed by atoms with van der Waals surface area (Å²) in [6, 6.07) is -1.48. The molecule has 0 saturated carbocycles. The van der Waals surface area contributed by atoms with Crippen LogP contribution in [0.5, 0.6) is 0 Å². The molecule has 13 heavy (non-hydrogen) atoms. The lowest BCUT2D eigenvalue weighted by atomic mass is 9.91. The van der Waals surface area contributed by atoms with Crippen molar-refractivity contribution < 1.29 is 20.1 Å². The van der Waals surface area contributed by atoms with Crippen molar-refractivity contribution in [2.45, 2.75) is 37.3 Å². The normalized spacial score (nSPS) is 46.0. The molecule has 1 heterocycles. The Balaban J connectivity index is 2.76. The fourth-order valence-corrected chi connectivity index (χ4v) is 1.43. The molecule has 5 atom stereocenters. The van der Waals surface area contributed by atoms with Crippen molar-refractivity contribution in [2.75, 3.05) is 0 Å². The van der Waals surface area contributed by atoms with E-state index in [1.54, 1.807) is 6.92 Å². The zero-order valence-electron chi connectivity index (χ0n) is 7.21. The van der Waals surface area contributed by atoms with E-state index in [-0.39, 0.29) is 0 Å². The second kappa shape index (κ2) is 3.59. The number of primary amides is 1. The lowest BCUT2D eigenvalue weighted by Crippen LogP contribution is -2.67. The summed E-state index contributed by atoms with van der Waals surface area (Å²) in [6.07, 6.45) is -3.79. The lowest BCUT2D eigenvalue weighted by molar-refractivity contribution is -0.139. The number of carbonyl (C=O) groups excluding carboxylic acids is 1. The largest absolute Gasteiger partial charge is 0.389 e. The van der Waals surface area contributed by atoms with E-state index in [4.69, 9.17) is 5.73 Å². The summed E-state index contributed by atoms with van der Waals surface area (Å²) in [4.78, 5) is 10.8. The monoisotopic (exact) mass is 190 g/mol. The number of nitrogens with two attached hydrogens (primary N) is 1. The number of rotatable bonds is 1. The third-order valence-corrected chi connectivity index (χ3v) is 2.30. The van der Waals surface area contributed by atoms with Gasteiger partial charge in [0.15, 0.2) is 0 Å². The molecule has 0 aromatic rings. The molecule has 1 amide bonds. The highest BCUT2D eigenvalue weighted by molar-refractivity contribution is 5.80. The molecule has 1 fully saturated rings. The summed E-state index contributed by atoms with van der Waals surface area (Å²) < 4.78 is 0. The molecule has 1 aliphatic heterocycles. The lowest BCUT2D eigenvalue weighted by Gasteiger charge is -2.38. The molecular formula is C7H14N2O4. The first kappa shape index (κ1) is 10.4. The van der Waals surface area contributed by atoms with E-state index in [1.165, 1.54) is 0 Å². The minimum atomic E-state index is -1.36. The highest BCUT2D eigenvalue weighted by Gasteiger charge is 2.42. The maximum absolute atomic E-state index is 10.8. The summed E-state index contributed by atoms with van der Waals surface area (Å²) in [6.45, 7) is 1.59. The quantitative estimate of drug-likeness (QED) is 0.300. The van der Waals surface area contributed by atoms with Gasteiger partial charge in [-0.15, -0.1) is 0 Å². The van der Waals surface area contributed by atoms with Crippen molar-refractivity contribution in [3.8, 4) is 0 Å². The molecular weight excluding hydrogens is 176 g/mol. The first-order valence-electron chi connectivity index (χ1n) is 4.04. The van der Waals surface area contributed by atoms with E-state index in [0.717, 1.165) is 0 Å². The molecule has 0 bridgehead atoms. The van der Waals surface area contributed by atoms with E-state index < -0.39 is 36.3 Å². The van der Waals surface area contributed by atoms with Gasteiger partial charge in [0.1, 0.15) is 18.2 Å². The van der Waals surface area contributed by atoms with Gasteiger partial charge in [-0.2, -0.15) is 0 Å². The number of piperidine rings is 1. The van der Waals surface area contributed by atoms with Crippen LogP contribution in [0, 0.1) is 0 Å². The predicted molar refractivity (Wildman–Crippen MR) is 43.6 cm³/mol. The van der Waals surface area contributed by atoms with E-state index in [1.807, 2.05) is 0 Å². The van der Waals surface area contributed by atoms with Crippen LogP contribution in [0.4, 0.5) is 0 Å². The maximum Gasteiger partial charge on any atom is 0.237 e. The Kier molecular flexibility index (Phi) is 2.87. The molecule has 0 spiro atoms. The van der Waals surface area contributed by atoms with Crippen LogP contribution in [0.2, 0.25) is 0 Å². The first-order valence-corrected chi connectivity index (χ1v) is 4.04. The Labute approximate surface area is 75.4 Å². The van der Waals surface area contributed by atoms with Crippen LogP contribution in [-0.2, 0) is 4.79 Å². The van der Waals surface area contributed by atoms with Gasteiger partial charge in [0.25, 0.3) is 0 Å². The molecule has 0 aliphatic carbocycles. The zero-order chi connectivity index (χ0) is 10.2. The van der Waals surface area contributed by atoms with Crippen molar-refractivity contribution >= 4 is 5.91 Å². The summed E-state index contributed by atoms with van der Waals surface area (Å²) in [5, 5.41) is 30.5. The van der Waals surface area contributed by atoms with Crippen molar-refractivity contribution in [2.24, 2.45) is 5.73 Å². The van der Waals surface area contributed by atoms with Crippen LogP contribution < -0.4 is 11.1 Å². The number of amides is 1. The Morgan fingerprint density at radius 1 is 1.23 bits per heavy atom. The van der Waals surface area contributed by atoms with E-state index in [2.05, 4.69) is 5.32 Å². The van der Waals surface area contributed by atoms with E-state index in [0.29, 0.717) is 0 Å². The van der Waals surface area contributed by atoms with Crippen LogP contribution in [0.15, 0.2) is 0 Å². The number of nitrogens with one attached hydrogen (secondary N) is 1. The third kappa shape index (κ3) is 1.80. The average molecular weight is 190 g/mol. The molecule has 0 radical (unpaired) electrons. The molecule has 76 valence electrons. The van der Waals surface area contributed by atoms with Crippen LogP contribution in [0.1, 0.15) is 6.92 Å². The Hall–Kier alpha value is -0.690. The number of carbonyl (C=O) groups is 1. The predicted octanol–water partition coefficient (Wildman–Crippen LogP) is -3.09. The van der Waals surface area contributed by atoms with Crippen LogP contribution in [0.25, 0.3) is 0 Å². The minimum absolute atomic E-state index is 0.476. The molecule has 0 aromatic heterocycles. The van der Waals surface area contributed by atoms with Gasteiger partial charge in [-0.25, -0.2) is 0 Å². The van der Waals surface area contributed by atoms with Gasteiger partial charge in [0.2, 0.25) is 5.91 Å². The van der Waals surface area contributed by atoms with Crippen LogP contribution >= 0.6 is 0 Å². The second-order valence-corrected chi connectivity index (χ2v) is 3.31. The molecule has 1 rings (SSSR count). The van der Waals surface area contributed by atoms with Crippen molar-refractivity contribution in [3.63, 3.8) is 0 Å². The smallest absolute Gasteiger partial charge is 0.237 e. The summed E-state index contributed by atoms with van der Waals surface area (Å²) in [5.41, 5.74) is 4.97. The molecule has 0 aromatic carbocycles. The van der Waals surface area contributed by atoms with Gasteiger partial charge < -0.3 is 21.1 Å². The molecule has 6 N–H and O–H groups in total. The molecule has 1 aliphatic rings. The second-order valence-electron chi connectivity index (χ2n) is 3.31. The van der Waals surface area contributed by atoms with Gasteiger partial charge in [-0.1, -0.05) is 0 Å². The number of aliphatic hydroxyl groups excluding tert-OH is 3. The van der Waals surface area contributed by atoms with Crippen LogP contribution in [-0.4, -0.2) is 51.6 Å². The Bertz CT molecular complexity index is 211. The van der Waals surface area contributed by atoms with Crippen molar-refractivity contribution in [1.29, 1.82) is 0 Å². The van der Waals surface area contributed by atoms with Gasteiger partial charge in [-0.3, -0.25) is 10.1 Å². The number of hydrogen-bond acceptors (Lipinski definition) is 5. The molecule has 6 nitrogen and oxygen atoms in total. The minimum Gasteiger partial charge on any atom is -0.389 e. The summed E-state index contributed by atoms with van der Waals surface area (Å²) >= 11 is 0. The van der Waals surface area contributed by atoms with Gasteiger partial charge in [0.05, 0.1) is 6.10 Å². The standard InChI is InChI=1S/C7H14N2O4/c1-2-4(10)6(12)5(11)3(9-2)7(8)13/h2-6,9-12H,1H3,(H2,8,13)/t2-,3-,4+,5+,6-/m1/s1. The van der Waals surface area contributed by atoms with Crippen molar-refractivity contribution in [1.82, 2.24) is 5.32 Å². The highest BCUT2D eigenvalue weighted by atomic mass is 16.4. The summed E-state index contributed by atoms with van der Waals surface area (Å²) in [7, 11) is 0. The fraction of sp³-hybridized carbons (Fsp3) is 0.857. The van der Waals surface area contributed by atoms with Crippen molar-refractivity contribution in [3.05, 3.63) is 0 Å². The fourth-order valence-electron chi connectivity index (χ4n) is 1.43. The van der Waals surface area contributed by atoms with Crippen LogP contribution in [0.3, 0.4) is 0 Å². The maximum atomic E-state index is 10.8. The van der Waals surface area contributed by atoms with Gasteiger partial charge in [0, 0.05) is 6.04 Å². The first-order chi connectivity index (χ1) is 5.95. The molecule has 1 saturated heterocycles.